The van der Waals surface area contributed by atoms with Crippen molar-refractivity contribution in [2.45, 2.75) is 19.3 Å². The maximum atomic E-state index is 13.4. The van der Waals surface area contributed by atoms with Crippen molar-refractivity contribution in [3.63, 3.8) is 0 Å². The zero-order chi connectivity index (χ0) is 12.7. The Balaban J connectivity index is 1.76. The van der Waals surface area contributed by atoms with E-state index in [9.17, 15) is 9.18 Å². The molecule has 1 aromatic rings. The highest BCUT2D eigenvalue weighted by atomic mass is 19.1. The molecule has 0 aliphatic heterocycles. The van der Waals surface area contributed by atoms with Crippen molar-refractivity contribution >= 4 is 11.6 Å². The van der Waals surface area contributed by atoms with Crippen molar-refractivity contribution in [1.29, 1.82) is 5.26 Å². The van der Waals surface area contributed by atoms with Crippen LogP contribution in [-0.4, -0.2) is 5.91 Å². The molecule has 2 atom stereocenters. The number of rotatable bonds is 2. The molecule has 2 unspecified atom stereocenters. The van der Waals surface area contributed by atoms with Crippen LogP contribution in [0.1, 0.15) is 24.8 Å². The fraction of sp³-hybridized carbons (Fsp3) is 0.429. The molecule has 1 aromatic carbocycles. The molecule has 0 bridgehead atoms. The van der Waals surface area contributed by atoms with Crippen molar-refractivity contribution in [3.05, 3.63) is 29.6 Å². The van der Waals surface area contributed by atoms with Crippen LogP contribution in [-0.2, 0) is 4.79 Å². The molecule has 1 amide bonds. The smallest absolute Gasteiger partial charge is 0.228 e. The SMILES string of the molecule is N#Cc1c(F)cccc1NC(=O)C1C2CCCC21. The molecular weight excluding hydrogens is 231 g/mol. The highest BCUT2D eigenvalue weighted by Crippen LogP contribution is 2.57. The van der Waals surface area contributed by atoms with Gasteiger partial charge in [0.05, 0.1) is 5.69 Å². The quantitative estimate of drug-likeness (QED) is 0.869. The van der Waals surface area contributed by atoms with Gasteiger partial charge in [-0.05, 0) is 36.8 Å². The van der Waals surface area contributed by atoms with Gasteiger partial charge in [-0.3, -0.25) is 4.79 Å². The van der Waals surface area contributed by atoms with Crippen LogP contribution in [0.15, 0.2) is 18.2 Å². The molecular formula is C14H13FN2O. The number of hydrogen-bond donors (Lipinski definition) is 1. The Hall–Kier alpha value is -1.89. The monoisotopic (exact) mass is 244 g/mol. The summed E-state index contributed by atoms with van der Waals surface area (Å²) in [6, 6.07) is 6.08. The van der Waals surface area contributed by atoms with Crippen molar-refractivity contribution in [2.24, 2.45) is 17.8 Å². The molecule has 0 radical (unpaired) electrons. The fourth-order valence-electron chi connectivity index (χ4n) is 3.17. The van der Waals surface area contributed by atoms with Crippen LogP contribution >= 0.6 is 0 Å². The fourth-order valence-corrected chi connectivity index (χ4v) is 3.17. The Kier molecular flexibility index (Phi) is 2.55. The molecule has 18 heavy (non-hydrogen) atoms. The van der Waals surface area contributed by atoms with Crippen molar-refractivity contribution in [2.75, 3.05) is 5.32 Å². The summed E-state index contributed by atoms with van der Waals surface area (Å²) in [5.41, 5.74) is 0.198. The number of hydrogen-bond acceptors (Lipinski definition) is 2. The van der Waals surface area contributed by atoms with E-state index >= 15 is 0 Å². The highest BCUT2D eigenvalue weighted by Gasteiger charge is 2.56. The number of benzene rings is 1. The van der Waals surface area contributed by atoms with Crippen LogP contribution in [0.25, 0.3) is 0 Å². The molecule has 0 heterocycles. The molecule has 0 spiro atoms. The van der Waals surface area contributed by atoms with Gasteiger partial charge in [0.1, 0.15) is 17.4 Å². The summed E-state index contributed by atoms with van der Waals surface area (Å²) < 4.78 is 13.4. The van der Waals surface area contributed by atoms with Crippen molar-refractivity contribution < 1.29 is 9.18 Å². The Bertz CT molecular complexity index is 539. The van der Waals surface area contributed by atoms with Crippen molar-refractivity contribution in [1.82, 2.24) is 0 Å². The van der Waals surface area contributed by atoms with Crippen LogP contribution in [0.3, 0.4) is 0 Å². The van der Waals surface area contributed by atoms with Crippen LogP contribution in [0.2, 0.25) is 0 Å². The average Bonchev–Trinajstić information content (AvgIpc) is 2.84. The van der Waals surface area contributed by atoms with Gasteiger partial charge in [-0.1, -0.05) is 12.5 Å². The zero-order valence-corrected chi connectivity index (χ0v) is 9.82. The maximum Gasteiger partial charge on any atom is 0.228 e. The molecule has 2 saturated carbocycles. The number of amides is 1. The van der Waals surface area contributed by atoms with Crippen LogP contribution in [0, 0.1) is 34.9 Å². The normalized spacial score (nSPS) is 28.3. The number of fused-ring (bicyclic) bond motifs is 1. The Morgan fingerprint density at radius 3 is 2.78 bits per heavy atom. The highest BCUT2D eigenvalue weighted by molar-refractivity contribution is 5.96. The predicted molar refractivity (Wildman–Crippen MR) is 64.1 cm³/mol. The summed E-state index contributed by atoms with van der Waals surface area (Å²) in [6.07, 6.45) is 3.45. The molecule has 4 heteroatoms. The van der Waals surface area contributed by atoms with Gasteiger partial charge in [0.25, 0.3) is 0 Å². The van der Waals surface area contributed by atoms with E-state index in [1.165, 1.54) is 18.6 Å². The zero-order valence-electron chi connectivity index (χ0n) is 9.82. The van der Waals surface area contributed by atoms with Gasteiger partial charge < -0.3 is 5.32 Å². The topological polar surface area (TPSA) is 52.9 Å². The lowest BCUT2D eigenvalue weighted by atomic mass is 10.1. The van der Waals surface area contributed by atoms with Crippen LogP contribution < -0.4 is 5.32 Å². The van der Waals surface area contributed by atoms with Gasteiger partial charge in [0.15, 0.2) is 0 Å². The van der Waals surface area contributed by atoms with E-state index < -0.39 is 5.82 Å². The first-order valence-electron chi connectivity index (χ1n) is 6.22. The summed E-state index contributed by atoms with van der Waals surface area (Å²) in [5, 5.41) is 11.6. The number of anilines is 1. The average molecular weight is 244 g/mol. The summed E-state index contributed by atoms with van der Waals surface area (Å²) in [7, 11) is 0. The van der Waals surface area contributed by atoms with E-state index in [4.69, 9.17) is 5.26 Å². The number of carbonyl (C=O) groups excluding carboxylic acids is 1. The van der Waals surface area contributed by atoms with E-state index in [1.54, 1.807) is 12.1 Å². The molecule has 92 valence electrons. The molecule has 3 rings (SSSR count). The second-order valence-electron chi connectivity index (χ2n) is 5.05. The van der Waals surface area contributed by atoms with E-state index in [2.05, 4.69) is 5.32 Å². The molecule has 2 aliphatic rings. The molecule has 3 nitrogen and oxygen atoms in total. The van der Waals surface area contributed by atoms with E-state index in [0.717, 1.165) is 12.8 Å². The second kappa shape index (κ2) is 4.09. The van der Waals surface area contributed by atoms with Gasteiger partial charge >= 0.3 is 0 Å². The minimum atomic E-state index is -0.591. The molecule has 0 aromatic heterocycles. The summed E-state index contributed by atoms with van der Waals surface area (Å²) >= 11 is 0. The van der Waals surface area contributed by atoms with E-state index in [-0.39, 0.29) is 23.1 Å². The first kappa shape index (κ1) is 11.2. The van der Waals surface area contributed by atoms with E-state index in [1.807, 2.05) is 0 Å². The third-order valence-corrected chi connectivity index (χ3v) is 4.09. The first-order valence-corrected chi connectivity index (χ1v) is 6.22. The third-order valence-electron chi connectivity index (χ3n) is 4.09. The lowest BCUT2D eigenvalue weighted by molar-refractivity contribution is -0.118. The molecule has 0 saturated heterocycles. The summed E-state index contributed by atoms with van der Waals surface area (Å²) in [4.78, 5) is 12.0. The van der Waals surface area contributed by atoms with Crippen molar-refractivity contribution in [3.8, 4) is 6.07 Å². The standard InChI is InChI=1S/C14H13FN2O/c15-11-5-2-6-12(10(11)7-16)17-14(18)13-8-3-1-4-9(8)13/h2,5-6,8-9,13H,1,3-4H2,(H,17,18). The van der Waals surface area contributed by atoms with Crippen LogP contribution in [0.4, 0.5) is 10.1 Å². The Morgan fingerprint density at radius 1 is 1.39 bits per heavy atom. The Labute approximate surface area is 105 Å². The number of carbonyl (C=O) groups is 1. The first-order chi connectivity index (χ1) is 8.72. The lowest BCUT2D eigenvalue weighted by Crippen LogP contribution is -2.17. The molecule has 2 aliphatic carbocycles. The van der Waals surface area contributed by atoms with Gasteiger partial charge in [-0.25, -0.2) is 4.39 Å². The summed E-state index contributed by atoms with van der Waals surface area (Å²) in [5.74, 6) is 0.458. The molecule has 1 N–H and O–H groups in total. The summed E-state index contributed by atoms with van der Waals surface area (Å²) in [6.45, 7) is 0. The Morgan fingerprint density at radius 2 is 2.11 bits per heavy atom. The number of halogens is 1. The molecule has 2 fully saturated rings. The minimum Gasteiger partial charge on any atom is -0.325 e. The predicted octanol–water partition coefficient (Wildman–Crippen LogP) is 2.68. The second-order valence-corrected chi connectivity index (χ2v) is 5.05. The van der Waals surface area contributed by atoms with Gasteiger partial charge in [0.2, 0.25) is 5.91 Å². The minimum absolute atomic E-state index is 0.0631. The van der Waals surface area contributed by atoms with E-state index in [0.29, 0.717) is 11.8 Å². The number of nitrogens with one attached hydrogen (secondary N) is 1. The largest absolute Gasteiger partial charge is 0.325 e. The maximum absolute atomic E-state index is 13.4. The number of nitriles is 1. The van der Waals surface area contributed by atoms with Gasteiger partial charge in [0, 0.05) is 5.92 Å². The lowest BCUT2D eigenvalue weighted by Gasteiger charge is -2.08. The van der Waals surface area contributed by atoms with Crippen LogP contribution in [0.5, 0.6) is 0 Å². The third kappa shape index (κ3) is 1.67. The van der Waals surface area contributed by atoms with Gasteiger partial charge in [-0.2, -0.15) is 5.26 Å². The van der Waals surface area contributed by atoms with Gasteiger partial charge in [-0.15, -0.1) is 0 Å². The number of nitrogens with zero attached hydrogens (tertiary/aromatic N) is 1.